The molecule has 22 heavy (non-hydrogen) atoms. The van der Waals surface area contributed by atoms with Crippen molar-refractivity contribution in [1.82, 2.24) is 9.80 Å². The van der Waals surface area contributed by atoms with Gasteiger partial charge in [-0.25, -0.2) is 0 Å². The second-order valence-electron chi connectivity index (χ2n) is 6.13. The Morgan fingerprint density at radius 1 is 1.23 bits per heavy atom. The van der Waals surface area contributed by atoms with Crippen LogP contribution in [-0.4, -0.2) is 72.6 Å². The van der Waals surface area contributed by atoms with Crippen molar-refractivity contribution in [3.8, 4) is 0 Å². The Kier molecular flexibility index (Phi) is 5.76. The summed E-state index contributed by atoms with van der Waals surface area (Å²) in [5.41, 5.74) is 0. The first-order valence-electron chi connectivity index (χ1n) is 7.82. The number of carboxylic acids is 1. The van der Waals surface area contributed by atoms with Crippen LogP contribution in [0.5, 0.6) is 0 Å². The highest BCUT2D eigenvalue weighted by atomic mass is 16.5. The maximum atomic E-state index is 12.3. The Hall–Kier alpha value is -1.63. The van der Waals surface area contributed by atoms with Gasteiger partial charge in [0.15, 0.2) is 0 Å². The summed E-state index contributed by atoms with van der Waals surface area (Å²) in [6.45, 7) is 1.92. The van der Waals surface area contributed by atoms with Gasteiger partial charge in [0.1, 0.15) is 0 Å². The molecule has 0 saturated carbocycles. The molecule has 0 aromatic rings. The summed E-state index contributed by atoms with van der Waals surface area (Å²) >= 11 is 0. The first kappa shape index (κ1) is 16.7. The summed E-state index contributed by atoms with van der Waals surface area (Å²) in [4.78, 5) is 38.6. The summed E-state index contributed by atoms with van der Waals surface area (Å²) in [6, 6.07) is 0. The van der Waals surface area contributed by atoms with Crippen LogP contribution in [0.25, 0.3) is 0 Å². The Balaban J connectivity index is 1.84. The van der Waals surface area contributed by atoms with Gasteiger partial charge in [-0.05, 0) is 25.7 Å². The number of hydrogen-bond donors (Lipinski definition) is 1. The molecule has 2 aliphatic heterocycles. The lowest BCUT2D eigenvalue weighted by atomic mass is 9.98. The summed E-state index contributed by atoms with van der Waals surface area (Å²) in [6.07, 6.45) is 2.96. The molecule has 0 aromatic heterocycles. The molecule has 0 aromatic carbocycles. The van der Waals surface area contributed by atoms with E-state index in [0.717, 1.165) is 12.8 Å². The summed E-state index contributed by atoms with van der Waals surface area (Å²) in [5.74, 6) is -1.77. The molecule has 7 nitrogen and oxygen atoms in total. The van der Waals surface area contributed by atoms with Gasteiger partial charge in [0.05, 0.1) is 25.0 Å². The van der Waals surface area contributed by atoms with Crippen molar-refractivity contribution in [2.45, 2.75) is 25.7 Å². The average molecular weight is 312 g/mol. The molecule has 2 saturated heterocycles. The zero-order chi connectivity index (χ0) is 16.1. The molecule has 124 valence electrons. The van der Waals surface area contributed by atoms with Crippen molar-refractivity contribution >= 4 is 17.8 Å². The maximum absolute atomic E-state index is 12.3. The van der Waals surface area contributed by atoms with Crippen LogP contribution in [-0.2, 0) is 19.1 Å². The number of ether oxygens (including phenoxy) is 1. The van der Waals surface area contributed by atoms with E-state index in [0.29, 0.717) is 32.6 Å². The number of carbonyl (C=O) groups excluding carboxylic acids is 2. The molecule has 0 bridgehead atoms. The fourth-order valence-corrected chi connectivity index (χ4v) is 3.03. The van der Waals surface area contributed by atoms with Crippen LogP contribution in [0.1, 0.15) is 25.7 Å². The minimum Gasteiger partial charge on any atom is -0.481 e. The van der Waals surface area contributed by atoms with Crippen molar-refractivity contribution < 1.29 is 24.2 Å². The average Bonchev–Trinajstić information content (AvgIpc) is 2.54. The third kappa shape index (κ3) is 4.19. The molecular weight excluding hydrogens is 288 g/mol. The van der Waals surface area contributed by atoms with Crippen LogP contribution in [0.2, 0.25) is 0 Å². The summed E-state index contributed by atoms with van der Waals surface area (Å²) in [5, 5.41) is 9.06. The van der Waals surface area contributed by atoms with Gasteiger partial charge in [-0.1, -0.05) is 0 Å². The van der Waals surface area contributed by atoms with Gasteiger partial charge < -0.3 is 19.6 Å². The van der Waals surface area contributed by atoms with Crippen LogP contribution >= 0.6 is 0 Å². The monoisotopic (exact) mass is 312 g/mol. The highest BCUT2D eigenvalue weighted by Crippen LogP contribution is 2.18. The highest BCUT2D eigenvalue weighted by Gasteiger charge is 2.30. The summed E-state index contributed by atoms with van der Waals surface area (Å²) < 4.78 is 5.31. The van der Waals surface area contributed by atoms with Crippen LogP contribution in [0.4, 0.5) is 0 Å². The van der Waals surface area contributed by atoms with Crippen LogP contribution in [0.3, 0.4) is 0 Å². The first-order chi connectivity index (χ1) is 10.5. The van der Waals surface area contributed by atoms with Crippen molar-refractivity contribution in [2.75, 3.05) is 39.9 Å². The zero-order valence-corrected chi connectivity index (χ0v) is 13.0. The third-order valence-corrected chi connectivity index (χ3v) is 4.38. The largest absolute Gasteiger partial charge is 0.481 e. The molecule has 0 aliphatic carbocycles. The quantitative estimate of drug-likeness (QED) is 0.801. The molecule has 2 aliphatic rings. The molecule has 0 radical (unpaired) electrons. The van der Waals surface area contributed by atoms with E-state index in [2.05, 4.69) is 0 Å². The molecule has 7 heteroatoms. The van der Waals surface area contributed by atoms with E-state index in [-0.39, 0.29) is 30.8 Å². The van der Waals surface area contributed by atoms with Gasteiger partial charge in [0.25, 0.3) is 0 Å². The van der Waals surface area contributed by atoms with Crippen molar-refractivity contribution in [1.29, 1.82) is 0 Å². The van der Waals surface area contributed by atoms with E-state index >= 15 is 0 Å². The molecule has 2 rings (SSSR count). The molecule has 2 fully saturated rings. The number of carbonyl (C=O) groups is 3. The Morgan fingerprint density at radius 3 is 2.59 bits per heavy atom. The number of likely N-dealkylation sites (N-methyl/N-ethyl adjacent to an activating group) is 1. The topological polar surface area (TPSA) is 87.2 Å². The number of hydrogen-bond acceptors (Lipinski definition) is 4. The fraction of sp³-hybridized carbons (Fsp3) is 0.800. The smallest absolute Gasteiger partial charge is 0.308 e. The second kappa shape index (κ2) is 7.58. The number of aliphatic carboxylic acids is 1. The number of piperidine rings is 1. The predicted octanol–water partition coefficient (Wildman–Crippen LogP) is 0.195. The lowest BCUT2D eigenvalue weighted by Gasteiger charge is -2.33. The van der Waals surface area contributed by atoms with E-state index in [1.54, 1.807) is 11.9 Å². The van der Waals surface area contributed by atoms with E-state index in [1.165, 1.54) is 4.90 Å². The minimum absolute atomic E-state index is 0.00166. The molecule has 2 amide bonds. The van der Waals surface area contributed by atoms with Crippen molar-refractivity contribution in [3.05, 3.63) is 0 Å². The molecule has 0 unspecified atom stereocenters. The summed E-state index contributed by atoms with van der Waals surface area (Å²) in [7, 11) is 1.62. The zero-order valence-electron chi connectivity index (χ0n) is 13.0. The maximum Gasteiger partial charge on any atom is 0.308 e. The normalized spacial score (nSPS) is 25.6. The highest BCUT2D eigenvalue weighted by molar-refractivity contribution is 5.86. The minimum atomic E-state index is -0.860. The van der Waals surface area contributed by atoms with Gasteiger partial charge in [0, 0.05) is 26.7 Å². The third-order valence-electron chi connectivity index (χ3n) is 4.38. The van der Waals surface area contributed by atoms with Crippen LogP contribution in [0, 0.1) is 11.8 Å². The SMILES string of the molecule is CN(CC(=O)N1CCC[C@H](C(=O)O)C1)C(=O)[C@@H]1CCCOC1. The van der Waals surface area contributed by atoms with Gasteiger partial charge in [-0.2, -0.15) is 0 Å². The fourth-order valence-electron chi connectivity index (χ4n) is 3.03. The number of nitrogens with zero attached hydrogens (tertiary/aromatic N) is 2. The van der Waals surface area contributed by atoms with E-state index in [1.807, 2.05) is 0 Å². The number of rotatable bonds is 4. The lowest BCUT2D eigenvalue weighted by molar-refractivity contribution is -0.148. The lowest BCUT2D eigenvalue weighted by Crippen LogP contribution is -2.48. The standard InChI is InChI=1S/C15H24N2O5/c1-16(14(19)12-5-3-7-22-10-12)9-13(18)17-6-2-4-11(8-17)15(20)21/h11-12H,2-10H2,1H3,(H,20,21)/t11-,12+/m0/s1. The van der Waals surface area contributed by atoms with Crippen LogP contribution in [0.15, 0.2) is 0 Å². The van der Waals surface area contributed by atoms with Crippen molar-refractivity contribution in [2.24, 2.45) is 11.8 Å². The second-order valence-corrected chi connectivity index (χ2v) is 6.13. The number of amides is 2. The van der Waals surface area contributed by atoms with Gasteiger partial charge >= 0.3 is 5.97 Å². The Bertz CT molecular complexity index is 434. The van der Waals surface area contributed by atoms with E-state index < -0.39 is 11.9 Å². The van der Waals surface area contributed by atoms with Crippen LogP contribution < -0.4 is 0 Å². The Labute approximate surface area is 130 Å². The van der Waals surface area contributed by atoms with E-state index in [9.17, 15) is 14.4 Å². The van der Waals surface area contributed by atoms with Gasteiger partial charge in [0.2, 0.25) is 11.8 Å². The van der Waals surface area contributed by atoms with Crippen molar-refractivity contribution in [3.63, 3.8) is 0 Å². The number of likely N-dealkylation sites (tertiary alicyclic amines) is 1. The molecular formula is C15H24N2O5. The van der Waals surface area contributed by atoms with Gasteiger partial charge in [-0.15, -0.1) is 0 Å². The molecule has 1 N–H and O–H groups in total. The molecule has 2 atom stereocenters. The van der Waals surface area contributed by atoms with E-state index in [4.69, 9.17) is 9.84 Å². The first-order valence-corrected chi connectivity index (χ1v) is 7.82. The predicted molar refractivity (Wildman–Crippen MR) is 78.1 cm³/mol. The van der Waals surface area contributed by atoms with Gasteiger partial charge in [-0.3, -0.25) is 14.4 Å². The number of carboxylic acid groups (broad SMARTS) is 1. The Morgan fingerprint density at radius 2 is 1.95 bits per heavy atom. The molecule has 2 heterocycles. The molecule has 0 spiro atoms.